The fourth-order valence-electron chi connectivity index (χ4n) is 3.50. The van der Waals surface area contributed by atoms with Gasteiger partial charge in [-0.3, -0.25) is 5.32 Å². The molecule has 0 fully saturated rings. The van der Waals surface area contributed by atoms with Crippen molar-refractivity contribution in [2.24, 2.45) is 0 Å². The first-order valence-corrected chi connectivity index (χ1v) is 13.0. The third-order valence-electron chi connectivity index (χ3n) is 5.05. The summed E-state index contributed by atoms with van der Waals surface area (Å²) in [5, 5.41) is 2.18. The van der Waals surface area contributed by atoms with Gasteiger partial charge in [0, 0.05) is 13.1 Å². The predicted molar refractivity (Wildman–Crippen MR) is 124 cm³/mol. The zero-order valence-corrected chi connectivity index (χ0v) is 20.3. The summed E-state index contributed by atoms with van der Waals surface area (Å²) in [5.74, 6) is -0.144. The standard InChI is InChI=1S/C21H21N5O7S2/c1-32-17-11-18(33-2)23-20(22-17)24-21(27)25-34(28,29)16-10-6-9-15-13-26(35(30,31)19(15)16)12-14-7-4-3-5-8-14/h3-11H,12-13H2,1-2H3,(H2,22,23,24,25,27). The second-order valence-corrected chi connectivity index (χ2v) is 10.9. The monoisotopic (exact) mass is 519 g/mol. The summed E-state index contributed by atoms with van der Waals surface area (Å²) in [4.78, 5) is 19.3. The van der Waals surface area contributed by atoms with Crippen molar-refractivity contribution in [1.29, 1.82) is 0 Å². The molecule has 14 heteroatoms. The lowest BCUT2D eigenvalue weighted by Crippen LogP contribution is -2.35. The Kier molecular flexibility index (Phi) is 6.60. The Morgan fingerprint density at radius 1 is 1.03 bits per heavy atom. The second kappa shape index (κ2) is 9.48. The molecule has 2 amide bonds. The molecule has 4 rings (SSSR count). The quantitative estimate of drug-likeness (QED) is 0.474. The highest BCUT2D eigenvalue weighted by atomic mass is 32.2. The van der Waals surface area contributed by atoms with E-state index >= 15 is 0 Å². The third-order valence-corrected chi connectivity index (χ3v) is 8.48. The maximum Gasteiger partial charge on any atom is 0.335 e. The highest BCUT2D eigenvalue weighted by Crippen LogP contribution is 2.36. The topological polar surface area (TPSA) is 157 Å². The number of hydrogen-bond acceptors (Lipinski definition) is 9. The van der Waals surface area contributed by atoms with Crippen LogP contribution in [0.1, 0.15) is 11.1 Å². The zero-order chi connectivity index (χ0) is 25.2. The molecule has 12 nitrogen and oxygen atoms in total. The van der Waals surface area contributed by atoms with Crippen LogP contribution in [0.2, 0.25) is 0 Å². The van der Waals surface area contributed by atoms with Crippen LogP contribution in [0.5, 0.6) is 11.8 Å². The van der Waals surface area contributed by atoms with Gasteiger partial charge in [0.2, 0.25) is 27.7 Å². The van der Waals surface area contributed by atoms with Gasteiger partial charge in [0.05, 0.1) is 20.3 Å². The van der Waals surface area contributed by atoms with Gasteiger partial charge in [-0.1, -0.05) is 42.5 Å². The SMILES string of the molecule is COc1cc(OC)nc(NC(=O)NS(=O)(=O)c2cccc3c2S(=O)(=O)N(Cc2ccccc2)C3)n1. The first kappa shape index (κ1) is 24.4. The fraction of sp³-hybridized carbons (Fsp3) is 0.190. The van der Waals surface area contributed by atoms with Crippen molar-refractivity contribution < 1.29 is 31.1 Å². The molecule has 3 aromatic rings. The number of fused-ring (bicyclic) bond motifs is 1. The van der Waals surface area contributed by atoms with Gasteiger partial charge in [-0.05, 0) is 17.2 Å². The third kappa shape index (κ3) is 5.03. The molecule has 2 N–H and O–H groups in total. The molecule has 0 unspecified atom stereocenters. The van der Waals surface area contributed by atoms with Gasteiger partial charge in [-0.15, -0.1) is 0 Å². The van der Waals surface area contributed by atoms with E-state index in [1.807, 2.05) is 6.07 Å². The molecular weight excluding hydrogens is 498 g/mol. The van der Waals surface area contributed by atoms with E-state index < -0.39 is 31.0 Å². The van der Waals surface area contributed by atoms with Crippen LogP contribution < -0.4 is 19.5 Å². The summed E-state index contributed by atoms with van der Waals surface area (Å²) >= 11 is 0. The lowest BCUT2D eigenvalue weighted by molar-refractivity contribution is 0.256. The van der Waals surface area contributed by atoms with Gasteiger partial charge in [0.25, 0.3) is 10.0 Å². The number of benzene rings is 2. The maximum atomic E-state index is 13.3. The molecule has 1 aliphatic heterocycles. The van der Waals surface area contributed by atoms with E-state index in [4.69, 9.17) is 9.47 Å². The Morgan fingerprint density at radius 2 is 1.69 bits per heavy atom. The van der Waals surface area contributed by atoms with Gasteiger partial charge >= 0.3 is 6.03 Å². The number of methoxy groups -OCH3 is 2. The van der Waals surface area contributed by atoms with E-state index in [0.29, 0.717) is 5.56 Å². The lowest BCUT2D eigenvalue weighted by Gasteiger charge is -2.15. The Morgan fingerprint density at radius 3 is 2.31 bits per heavy atom. The van der Waals surface area contributed by atoms with Crippen LogP contribution in [0.4, 0.5) is 10.7 Å². The molecule has 1 aliphatic rings. The normalized spacial score (nSPS) is 14.7. The van der Waals surface area contributed by atoms with E-state index in [9.17, 15) is 21.6 Å². The molecule has 0 aliphatic carbocycles. The average Bonchev–Trinajstić information content (AvgIpc) is 3.08. The van der Waals surface area contributed by atoms with Crippen molar-refractivity contribution in [2.45, 2.75) is 22.9 Å². The minimum Gasteiger partial charge on any atom is -0.481 e. The van der Waals surface area contributed by atoms with Crippen LogP contribution in [0.25, 0.3) is 0 Å². The Labute approximate surface area is 202 Å². The number of carbonyl (C=O) groups is 1. The molecular formula is C21H21N5O7S2. The molecule has 0 saturated heterocycles. The van der Waals surface area contributed by atoms with Crippen molar-refractivity contribution in [3.63, 3.8) is 0 Å². The highest BCUT2D eigenvalue weighted by molar-refractivity contribution is 7.93. The molecule has 2 aromatic carbocycles. The smallest absolute Gasteiger partial charge is 0.335 e. The fourth-order valence-corrected chi connectivity index (χ4v) is 6.85. The van der Waals surface area contributed by atoms with Gasteiger partial charge in [0.15, 0.2) is 0 Å². The molecule has 0 radical (unpaired) electrons. The molecule has 184 valence electrons. The number of ether oxygens (including phenoxy) is 2. The Bertz CT molecular complexity index is 1460. The van der Waals surface area contributed by atoms with E-state index in [2.05, 4.69) is 15.3 Å². The van der Waals surface area contributed by atoms with Crippen molar-refractivity contribution in [1.82, 2.24) is 19.0 Å². The van der Waals surface area contributed by atoms with Crippen LogP contribution in [-0.2, 0) is 33.1 Å². The van der Waals surface area contributed by atoms with E-state index in [0.717, 1.165) is 11.6 Å². The van der Waals surface area contributed by atoms with Crippen LogP contribution in [0.3, 0.4) is 0 Å². The lowest BCUT2D eigenvalue weighted by atomic mass is 10.2. The Balaban J connectivity index is 1.59. The van der Waals surface area contributed by atoms with Crippen molar-refractivity contribution in [2.75, 3.05) is 19.5 Å². The maximum absolute atomic E-state index is 13.3. The number of nitrogens with zero attached hydrogens (tertiary/aromatic N) is 3. The number of aromatic nitrogens is 2. The molecule has 35 heavy (non-hydrogen) atoms. The molecule has 0 atom stereocenters. The van der Waals surface area contributed by atoms with E-state index in [1.54, 1.807) is 29.0 Å². The van der Waals surface area contributed by atoms with Crippen LogP contribution in [-0.4, -0.2) is 51.4 Å². The molecule has 2 heterocycles. The first-order valence-electron chi connectivity index (χ1n) is 10.1. The highest BCUT2D eigenvalue weighted by Gasteiger charge is 2.40. The number of sulfonamides is 2. The number of rotatable bonds is 7. The Hall–Kier alpha value is -3.75. The molecule has 0 bridgehead atoms. The zero-order valence-electron chi connectivity index (χ0n) is 18.6. The second-order valence-electron chi connectivity index (χ2n) is 7.34. The number of hydrogen-bond donors (Lipinski definition) is 2. The number of amides is 2. The summed E-state index contributed by atoms with van der Waals surface area (Å²) in [7, 11) is -6.05. The number of anilines is 1. The van der Waals surface area contributed by atoms with Crippen LogP contribution in [0, 0.1) is 0 Å². The van der Waals surface area contributed by atoms with Gasteiger partial charge in [0.1, 0.15) is 9.79 Å². The minimum atomic E-state index is -4.59. The number of urea groups is 1. The van der Waals surface area contributed by atoms with Gasteiger partial charge < -0.3 is 9.47 Å². The van der Waals surface area contributed by atoms with Gasteiger partial charge in [-0.2, -0.15) is 14.3 Å². The summed E-state index contributed by atoms with van der Waals surface area (Å²) in [6.07, 6.45) is 0. The van der Waals surface area contributed by atoms with Crippen LogP contribution in [0.15, 0.2) is 64.4 Å². The summed E-state index contributed by atoms with van der Waals surface area (Å²) < 4.78 is 65.6. The minimum absolute atomic E-state index is 0.000435. The summed E-state index contributed by atoms with van der Waals surface area (Å²) in [6.45, 7) is 0.0693. The number of nitrogens with one attached hydrogen (secondary N) is 2. The van der Waals surface area contributed by atoms with Gasteiger partial charge in [-0.25, -0.2) is 26.4 Å². The van der Waals surface area contributed by atoms with Crippen molar-refractivity contribution in [3.8, 4) is 11.8 Å². The summed E-state index contributed by atoms with van der Waals surface area (Å²) in [6, 6.07) is 13.2. The van der Waals surface area contributed by atoms with E-state index in [-0.39, 0.29) is 35.7 Å². The molecule has 1 aromatic heterocycles. The van der Waals surface area contributed by atoms with Crippen molar-refractivity contribution >= 4 is 32.0 Å². The summed E-state index contributed by atoms with van der Waals surface area (Å²) in [5.41, 5.74) is 1.06. The molecule has 0 saturated carbocycles. The van der Waals surface area contributed by atoms with Crippen molar-refractivity contribution in [3.05, 3.63) is 65.7 Å². The largest absolute Gasteiger partial charge is 0.481 e. The van der Waals surface area contributed by atoms with Crippen LogP contribution >= 0.6 is 0 Å². The average molecular weight is 520 g/mol. The van der Waals surface area contributed by atoms with E-state index in [1.165, 1.54) is 36.7 Å². The predicted octanol–water partition coefficient (Wildman–Crippen LogP) is 1.71. The number of carbonyl (C=O) groups excluding carboxylic acids is 1. The molecule has 0 spiro atoms. The first-order chi connectivity index (χ1) is 16.6.